The van der Waals surface area contributed by atoms with E-state index in [1.54, 1.807) is 11.8 Å². The van der Waals surface area contributed by atoms with Gasteiger partial charge >= 0.3 is 5.97 Å². The van der Waals surface area contributed by atoms with Crippen LogP contribution in [0.25, 0.3) is 0 Å². The lowest BCUT2D eigenvalue weighted by Crippen LogP contribution is -2.25. The van der Waals surface area contributed by atoms with Crippen molar-refractivity contribution in [3.05, 3.63) is 11.7 Å². The number of hydrogen-bond acceptors (Lipinski definition) is 6. The van der Waals surface area contributed by atoms with Crippen LogP contribution in [0.4, 0.5) is 0 Å². The molecule has 7 nitrogen and oxygen atoms in total. The summed E-state index contributed by atoms with van der Waals surface area (Å²) in [7, 11) is 0. The molecule has 18 heavy (non-hydrogen) atoms. The van der Waals surface area contributed by atoms with E-state index >= 15 is 0 Å². The molecule has 1 atom stereocenters. The van der Waals surface area contributed by atoms with Gasteiger partial charge in [-0.25, -0.2) is 0 Å². The maximum Gasteiger partial charge on any atom is 0.308 e. The Labute approximate surface area is 108 Å². The highest BCUT2D eigenvalue weighted by Crippen LogP contribution is 2.20. The topological polar surface area (TPSA) is 96.5 Å². The molecule has 0 aromatic carbocycles. The lowest BCUT2D eigenvalue weighted by atomic mass is 10.1. The Kier molecular flexibility index (Phi) is 3.85. The third-order valence-corrected chi connectivity index (χ3v) is 3.22. The number of thioether (sulfide) groups is 1. The summed E-state index contributed by atoms with van der Waals surface area (Å²) in [5.41, 5.74) is 0. The average Bonchev–Trinajstić information content (AvgIpc) is 2.88. The smallest absolute Gasteiger partial charge is 0.308 e. The zero-order valence-corrected chi connectivity index (χ0v) is 10.6. The molecule has 1 unspecified atom stereocenters. The van der Waals surface area contributed by atoms with Gasteiger partial charge < -0.3 is 14.5 Å². The molecule has 8 heteroatoms. The largest absolute Gasteiger partial charge is 0.481 e. The van der Waals surface area contributed by atoms with Gasteiger partial charge in [-0.05, 0) is 6.26 Å². The number of rotatable bonds is 5. The minimum Gasteiger partial charge on any atom is -0.481 e. The first-order valence-corrected chi connectivity index (χ1v) is 6.80. The van der Waals surface area contributed by atoms with Gasteiger partial charge in [-0.15, -0.1) is 0 Å². The summed E-state index contributed by atoms with van der Waals surface area (Å²) >= 11 is 1.57. The predicted molar refractivity (Wildman–Crippen MR) is 62.7 cm³/mol. The second kappa shape index (κ2) is 5.38. The van der Waals surface area contributed by atoms with Crippen LogP contribution in [0.15, 0.2) is 4.52 Å². The number of likely N-dealkylation sites (tertiary alicyclic amines) is 1. The van der Waals surface area contributed by atoms with Crippen LogP contribution in [0.5, 0.6) is 0 Å². The summed E-state index contributed by atoms with van der Waals surface area (Å²) in [6.45, 7) is 0.387. The molecular weight excluding hydrogens is 258 g/mol. The zero-order valence-electron chi connectivity index (χ0n) is 9.83. The van der Waals surface area contributed by atoms with Crippen LogP contribution in [0, 0.1) is 5.92 Å². The Morgan fingerprint density at radius 1 is 1.67 bits per heavy atom. The van der Waals surface area contributed by atoms with Crippen molar-refractivity contribution in [2.45, 2.75) is 18.7 Å². The van der Waals surface area contributed by atoms with Crippen LogP contribution in [0.3, 0.4) is 0 Å². The number of carbonyl (C=O) groups excluding carboxylic acids is 1. The molecule has 1 fully saturated rings. The zero-order chi connectivity index (χ0) is 13.1. The SMILES string of the molecule is CSCc1noc(CN2CC(C(=O)O)CC2=O)n1. The van der Waals surface area contributed by atoms with Crippen molar-refractivity contribution in [1.82, 2.24) is 15.0 Å². The highest BCUT2D eigenvalue weighted by atomic mass is 32.2. The Balaban J connectivity index is 1.96. The van der Waals surface area contributed by atoms with Crippen molar-refractivity contribution in [2.75, 3.05) is 12.8 Å². The van der Waals surface area contributed by atoms with Gasteiger partial charge in [0.2, 0.25) is 11.8 Å². The Hall–Kier alpha value is -1.57. The molecule has 1 aliphatic heterocycles. The standard InChI is InChI=1S/C10H13N3O4S/c1-18-5-7-11-8(17-12-7)4-13-3-6(10(15)16)2-9(13)14/h6H,2-5H2,1H3,(H,15,16). The molecule has 0 bridgehead atoms. The van der Waals surface area contributed by atoms with Crippen molar-refractivity contribution in [3.63, 3.8) is 0 Å². The van der Waals surface area contributed by atoms with Crippen LogP contribution >= 0.6 is 11.8 Å². The van der Waals surface area contributed by atoms with Gasteiger partial charge in [0, 0.05) is 13.0 Å². The highest BCUT2D eigenvalue weighted by molar-refractivity contribution is 7.97. The van der Waals surface area contributed by atoms with Gasteiger partial charge in [0.15, 0.2) is 5.82 Å². The van der Waals surface area contributed by atoms with Crippen LogP contribution in [-0.4, -0.2) is 44.8 Å². The van der Waals surface area contributed by atoms with E-state index in [2.05, 4.69) is 10.1 Å². The molecule has 0 aliphatic carbocycles. The molecule has 1 amide bonds. The van der Waals surface area contributed by atoms with E-state index in [0.717, 1.165) is 0 Å². The molecule has 1 N–H and O–H groups in total. The number of amides is 1. The van der Waals surface area contributed by atoms with E-state index in [9.17, 15) is 9.59 Å². The third-order valence-electron chi connectivity index (χ3n) is 2.67. The van der Waals surface area contributed by atoms with E-state index in [4.69, 9.17) is 9.63 Å². The van der Waals surface area contributed by atoms with E-state index < -0.39 is 11.9 Å². The quantitative estimate of drug-likeness (QED) is 0.826. The number of aromatic nitrogens is 2. The number of carbonyl (C=O) groups is 2. The summed E-state index contributed by atoms with van der Waals surface area (Å²) in [6, 6.07) is 0. The first kappa shape index (κ1) is 12.9. The van der Waals surface area contributed by atoms with E-state index in [0.29, 0.717) is 17.5 Å². The maximum absolute atomic E-state index is 11.6. The third kappa shape index (κ3) is 2.81. The van der Waals surface area contributed by atoms with Crippen LogP contribution in [0.2, 0.25) is 0 Å². The van der Waals surface area contributed by atoms with Crippen molar-refractivity contribution >= 4 is 23.6 Å². The number of carboxylic acids is 1. The average molecular weight is 271 g/mol. The molecule has 1 aromatic heterocycles. The monoisotopic (exact) mass is 271 g/mol. The maximum atomic E-state index is 11.6. The van der Waals surface area contributed by atoms with Crippen molar-refractivity contribution in [1.29, 1.82) is 0 Å². The van der Waals surface area contributed by atoms with Gasteiger partial charge in [0.1, 0.15) is 6.54 Å². The molecule has 2 heterocycles. The number of carboxylic acid groups (broad SMARTS) is 1. The van der Waals surface area contributed by atoms with Crippen LogP contribution < -0.4 is 0 Å². The fourth-order valence-corrected chi connectivity index (χ4v) is 2.17. The Morgan fingerprint density at radius 3 is 3.06 bits per heavy atom. The number of hydrogen-bond donors (Lipinski definition) is 1. The fraction of sp³-hybridized carbons (Fsp3) is 0.600. The van der Waals surface area contributed by atoms with Gasteiger partial charge in [-0.3, -0.25) is 9.59 Å². The molecule has 0 radical (unpaired) electrons. The van der Waals surface area contributed by atoms with Crippen LogP contribution in [-0.2, 0) is 21.9 Å². The van der Waals surface area contributed by atoms with Crippen molar-refractivity contribution in [2.24, 2.45) is 5.92 Å². The lowest BCUT2D eigenvalue weighted by molar-refractivity contribution is -0.141. The first-order valence-electron chi connectivity index (χ1n) is 5.41. The normalized spacial score (nSPS) is 19.5. The lowest BCUT2D eigenvalue weighted by Gasteiger charge is -2.12. The number of nitrogens with zero attached hydrogens (tertiary/aromatic N) is 3. The molecule has 0 saturated carbocycles. The van der Waals surface area contributed by atoms with Gasteiger partial charge in [-0.2, -0.15) is 16.7 Å². The van der Waals surface area contributed by atoms with Crippen molar-refractivity contribution in [3.8, 4) is 0 Å². The first-order chi connectivity index (χ1) is 8.60. The van der Waals surface area contributed by atoms with E-state index in [1.807, 2.05) is 6.26 Å². The molecular formula is C10H13N3O4S. The predicted octanol–water partition coefficient (Wildman–Crippen LogP) is 0.366. The van der Waals surface area contributed by atoms with Crippen LogP contribution in [0.1, 0.15) is 18.1 Å². The second-order valence-corrected chi connectivity index (χ2v) is 4.92. The summed E-state index contributed by atoms with van der Waals surface area (Å²) in [5, 5.41) is 12.6. The minimum absolute atomic E-state index is 0.0428. The Bertz CT molecular complexity index is 462. The summed E-state index contributed by atoms with van der Waals surface area (Å²) in [6.07, 6.45) is 1.97. The van der Waals surface area contributed by atoms with Gasteiger partial charge in [-0.1, -0.05) is 5.16 Å². The van der Waals surface area contributed by atoms with E-state index in [1.165, 1.54) is 4.90 Å². The summed E-state index contributed by atoms with van der Waals surface area (Å²) < 4.78 is 5.01. The molecule has 0 spiro atoms. The number of aliphatic carboxylic acids is 1. The minimum atomic E-state index is -0.945. The molecule has 1 aliphatic rings. The molecule has 98 valence electrons. The second-order valence-electron chi connectivity index (χ2n) is 4.05. The van der Waals surface area contributed by atoms with Gasteiger partial charge in [0.05, 0.1) is 11.7 Å². The van der Waals surface area contributed by atoms with Crippen molar-refractivity contribution < 1.29 is 19.2 Å². The summed E-state index contributed by atoms with van der Waals surface area (Å²) in [4.78, 5) is 28.0. The molecule has 1 aromatic rings. The van der Waals surface area contributed by atoms with E-state index in [-0.39, 0.29) is 25.4 Å². The molecule has 1 saturated heterocycles. The highest BCUT2D eigenvalue weighted by Gasteiger charge is 2.34. The Morgan fingerprint density at radius 2 is 2.44 bits per heavy atom. The fourth-order valence-electron chi connectivity index (χ4n) is 1.80. The molecule has 2 rings (SSSR count). The summed E-state index contributed by atoms with van der Waals surface area (Å²) in [5.74, 6) is -0.190. The van der Waals surface area contributed by atoms with Gasteiger partial charge in [0.25, 0.3) is 0 Å².